The second-order valence-electron chi connectivity index (χ2n) is 3.98. The van der Waals surface area contributed by atoms with Crippen molar-refractivity contribution >= 4 is 5.97 Å². The SMILES string of the molecule is CCCC1COC(=O)CC1CCC. The Balaban J connectivity index is 2.44. The number of rotatable bonds is 4. The zero-order chi connectivity index (χ0) is 9.68. The Morgan fingerprint density at radius 1 is 1.23 bits per heavy atom. The molecule has 0 spiro atoms. The number of ether oxygens (including phenoxy) is 1. The molecule has 0 amide bonds. The van der Waals surface area contributed by atoms with Crippen molar-refractivity contribution in [2.24, 2.45) is 11.8 Å². The Kier molecular flexibility index (Phi) is 4.26. The van der Waals surface area contributed by atoms with Crippen LogP contribution in [0.15, 0.2) is 0 Å². The fourth-order valence-electron chi connectivity index (χ4n) is 2.17. The quantitative estimate of drug-likeness (QED) is 0.628. The number of hydrogen-bond acceptors (Lipinski definition) is 2. The van der Waals surface area contributed by atoms with Crippen molar-refractivity contribution < 1.29 is 9.53 Å². The van der Waals surface area contributed by atoms with Gasteiger partial charge in [-0.15, -0.1) is 0 Å². The van der Waals surface area contributed by atoms with E-state index in [-0.39, 0.29) is 5.97 Å². The van der Waals surface area contributed by atoms with E-state index in [4.69, 9.17) is 4.74 Å². The van der Waals surface area contributed by atoms with Crippen LogP contribution < -0.4 is 0 Å². The second kappa shape index (κ2) is 5.25. The predicted molar refractivity (Wildman–Crippen MR) is 52.4 cm³/mol. The first kappa shape index (κ1) is 10.6. The standard InChI is InChI=1S/C11H20O2/c1-3-5-9-7-11(12)13-8-10(9)6-4-2/h9-10H,3-8H2,1-2H3. The molecule has 0 aromatic carbocycles. The summed E-state index contributed by atoms with van der Waals surface area (Å²) < 4.78 is 5.08. The van der Waals surface area contributed by atoms with Crippen molar-refractivity contribution in [1.82, 2.24) is 0 Å². The molecule has 0 aliphatic carbocycles. The number of hydrogen-bond donors (Lipinski definition) is 0. The third-order valence-electron chi connectivity index (χ3n) is 2.87. The van der Waals surface area contributed by atoms with E-state index in [0.29, 0.717) is 24.9 Å². The molecule has 13 heavy (non-hydrogen) atoms. The summed E-state index contributed by atoms with van der Waals surface area (Å²) >= 11 is 0. The number of esters is 1. The molecule has 2 unspecified atom stereocenters. The molecule has 1 aliphatic heterocycles. The van der Waals surface area contributed by atoms with Crippen LogP contribution in [0.2, 0.25) is 0 Å². The van der Waals surface area contributed by atoms with Gasteiger partial charge in [0.1, 0.15) is 0 Å². The Labute approximate surface area is 80.7 Å². The summed E-state index contributed by atoms with van der Waals surface area (Å²) in [4.78, 5) is 11.1. The van der Waals surface area contributed by atoms with E-state index in [1.54, 1.807) is 0 Å². The normalized spacial score (nSPS) is 28.6. The van der Waals surface area contributed by atoms with Crippen LogP contribution in [0.5, 0.6) is 0 Å². The molecule has 1 rings (SSSR count). The molecular formula is C11H20O2. The minimum Gasteiger partial charge on any atom is -0.465 e. The fraction of sp³-hybridized carbons (Fsp3) is 0.909. The monoisotopic (exact) mass is 184 g/mol. The van der Waals surface area contributed by atoms with Gasteiger partial charge in [0.15, 0.2) is 0 Å². The van der Waals surface area contributed by atoms with Gasteiger partial charge in [-0.25, -0.2) is 0 Å². The highest BCUT2D eigenvalue weighted by Crippen LogP contribution is 2.29. The Hall–Kier alpha value is -0.530. The van der Waals surface area contributed by atoms with Gasteiger partial charge in [-0.2, -0.15) is 0 Å². The van der Waals surface area contributed by atoms with Crippen molar-refractivity contribution in [3.05, 3.63) is 0 Å². The third kappa shape index (κ3) is 3.02. The molecule has 76 valence electrons. The maximum Gasteiger partial charge on any atom is 0.306 e. The van der Waals surface area contributed by atoms with Gasteiger partial charge in [0.25, 0.3) is 0 Å². The molecule has 1 aliphatic rings. The van der Waals surface area contributed by atoms with Crippen LogP contribution in [-0.4, -0.2) is 12.6 Å². The van der Waals surface area contributed by atoms with E-state index in [2.05, 4.69) is 13.8 Å². The van der Waals surface area contributed by atoms with Crippen LogP contribution in [0, 0.1) is 11.8 Å². The molecule has 2 atom stereocenters. The molecule has 1 saturated heterocycles. The zero-order valence-corrected chi connectivity index (χ0v) is 8.71. The summed E-state index contributed by atoms with van der Waals surface area (Å²) in [7, 11) is 0. The number of carbonyl (C=O) groups is 1. The van der Waals surface area contributed by atoms with E-state index < -0.39 is 0 Å². The lowest BCUT2D eigenvalue weighted by molar-refractivity contribution is -0.153. The van der Waals surface area contributed by atoms with E-state index in [1.165, 1.54) is 25.7 Å². The molecule has 0 aromatic heterocycles. The fourth-order valence-corrected chi connectivity index (χ4v) is 2.17. The summed E-state index contributed by atoms with van der Waals surface area (Å²) in [5.74, 6) is 1.22. The van der Waals surface area contributed by atoms with Gasteiger partial charge < -0.3 is 4.74 Å². The van der Waals surface area contributed by atoms with E-state index >= 15 is 0 Å². The third-order valence-corrected chi connectivity index (χ3v) is 2.87. The number of cyclic esters (lactones) is 1. The Morgan fingerprint density at radius 2 is 1.85 bits per heavy atom. The summed E-state index contributed by atoms with van der Waals surface area (Å²) in [5, 5.41) is 0. The minimum absolute atomic E-state index is 0.00537. The van der Waals surface area contributed by atoms with Crippen LogP contribution in [0.1, 0.15) is 46.0 Å². The van der Waals surface area contributed by atoms with Crippen LogP contribution >= 0.6 is 0 Å². The first-order valence-electron chi connectivity index (χ1n) is 5.43. The first-order chi connectivity index (χ1) is 6.27. The van der Waals surface area contributed by atoms with Gasteiger partial charge in [-0.3, -0.25) is 4.79 Å². The minimum atomic E-state index is 0.00537. The Morgan fingerprint density at radius 3 is 2.46 bits per heavy atom. The van der Waals surface area contributed by atoms with Crippen LogP contribution in [0.3, 0.4) is 0 Å². The van der Waals surface area contributed by atoms with Gasteiger partial charge in [-0.1, -0.05) is 26.7 Å². The van der Waals surface area contributed by atoms with Gasteiger partial charge in [0.05, 0.1) is 6.61 Å². The molecular weight excluding hydrogens is 164 g/mol. The predicted octanol–water partition coefficient (Wildman–Crippen LogP) is 2.77. The first-order valence-corrected chi connectivity index (χ1v) is 5.43. The molecule has 0 saturated carbocycles. The molecule has 0 N–H and O–H groups in total. The molecule has 0 bridgehead atoms. The highest BCUT2D eigenvalue weighted by Gasteiger charge is 2.28. The average Bonchev–Trinajstić information content (AvgIpc) is 2.10. The van der Waals surface area contributed by atoms with Crippen molar-refractivity contribution in [2.75, 3.05) is 6.61 Å². The summed E-state index contributed by atoms with van der Waals surface area (Å²) in [6.45, 7) is 5.04. The Bertz CT molecular complexity index is 165. The highest BCUT2D eigenvalue weighted by atomic mass is 16.5. The molecule has 1 fully saturated rings. The molecule has 0 radical (unpaired) electrons. The van der Waals surface area contributed by atoms with Crippen molar-refractivity contribution in [3.63, 3.8) is 0 Å². The summed E-state index contributed by atoms with van der Waals surface area (Å²) in [5.41, 5.74) is 0. The van der Waals surface area contributed by atoms with Gasteiger partial charge >= 0.3 is 5.97 Å². The summed E-state index contributed by atoms with van der Waals surface area (Å²) in [6, 6.07) is 0. The zero-order valence-electron chi connectivity index (χ0n) is 8.71. The average molecular weight is 184 g/mol. The molecule has 2 heteroatoms. The lowest BCUT2D eigenvalue weighted by atomic mass is 9.82. The number of carbonyl (C=O) groups excluding carboxylic acids is 1. The lowest BCUT2D eigenvalue weighted by Crippen LogP contribution is -2.30. The molecule has 2 nitrogen and oxygen atoms in total. The van der Waals surface area contributed by atoms with Gasteiger partial charge in [-0.05, 0) is 24.7 Å². The smallest absolute Gasteiger partial charge is 0.306 e. The van der Waals surface area contributed by atoms with Crippen LogP contribution in [-0.2, 0) is 9.53 Å². The van der Waals surface area contributed by atoms with Crippen molar-refractivity contribution in [2.45, 2.75) is 46.0 Å². The highest BCUT2D eigenvalue weighted by molar-refractivity contribution is 5.70. The van der Waals surface area contributed by atoms with E-state index in [1.807, 2.05) is 0 Å². The maximum atomic E-state index is 11.1. The lowest BCUT2D eigenvalue weighted by Gasteiger charge is -2.30. The van der Waals surface area contributed by atoms with E-state index in [0.717, 1.165) is 0 Å². The van der Waals surface area contributed by atoms with Gasteiger partial charge in [0.2, 0.25) is 0 Å². The summed E-state index contributed by atoms with van der Waals surface area (Å²) in [6.07, 6.45) is 5.41. The largest absolute Gasteiger partial charge is 0.465 e. The van der Waals surface area contributed by atoms with Crippen LogP contribution in [0.25, 0.3) is 0 Å². The maximum absolute atomic E-state index is 11.1. The molecule has 1 heterocycles. The van der Waals surface area contributed by atoms with Gasteiger partial charge in [0, 0.05) is 6.42 Å². The van der Waals surface area contributed by atoms with Crippen molar-refractivity contribution in [3.8, 4) is 0 Å². The molecule has 0 aromatic rings. The van der Waals surface area contributed by atoms with Crippen molar-refractivity contribution in [1.29, 1.82) is 0 Å². The second-order valence-corrected chi connectivity index (χ2v) is 3.98. The van der Waals surface area contributed by atoms with E-state index in [9.17, 15) is 4.79 Å². The topological polar surface area (TPSA) is 26.3 Å². The van der Waals surface area contributed by atoms with Crippen LogP contribution in [0.4, 0.5) is 0 Å².